The number of nitrogens with one attached hydrogen (secondary N) is 1. The Hall–Kier alpha value is -2.21. The average molecular weight is 283 g/mol. The topological polar surface area (TPSA) is 58.9 Å². The Kier molecular flexibility index (Phi) is 2.40. The van der Waals surface area contributed by atoms with Crippen LogP contribution in [0.2, 0.25) is 0 Å². The Morgan fingerprint density at radius 3 is 3.05 bits per heavy atom. The summed E-state index contributed by atoms with van der Waals surface area (Å²) in [6.45, 7) is 4.37. The van der Waals surface area contributed by atoms with Gasteiger partial charge < -0.3 is 4.98 Å². The van der Waals surface area contributed by atoms with Gasteiger partial charge in [0.05, 0.1) is 11.7 Å². The Balaban J connectivity index is 1.88. The molecule has 100 valence electrons. The predicted molar refractivity (Wildman–Crippen MR) is 80.0 cm³/mol. The molecule has 1 N–H and O–H groups in total. The Bertz CT molecular complexity index is 899. The maximum Gasteiger partial charge on any atom is 0.127 e. The van der Waals surface area contributed by atoms with Crippen molar-refractivity contribution in [2.24, 2.45) is 0 Å². The zero-order valence-corrected chi connectivity index (χ0v) is 12.0. The lowest BCUT2D eigenvalue weighted by Gasteiger charge is -1.99. The molecule has 0 saturated heterocycles. The lowest BCUT2D eigenvalue weighted by molar-refractivity contribution is 0.856. The van der Waals surface area contributed by atoms with E-state index in [4.69, 9.17) is 4.98 Å². The number of pyridine rings is 1. The molecule has 5 nitrogen and oxygen atoms in total. The zero-order valence-electron chi connectivity index (χ0n) is 11.2. The third-order valence-corrected chi connectivity index (χ3v) is 4.46. The fourth-order valence-corrected chi connectivity index (χ4v) is 3.28. The quantitative estimate of drug-likeness (QED) is 0.613. The van der Waals surface area contributed by atoms with Gasteiger partial charge in [-0.25, -0.2) is 9.50 Å². The lowest BCUT2D eigenvalue weighted by atomic mass is 10.1. The van der Waals surface area contributed by atoms with Crippen LogP contribution in [-0.4, -0.2) is 24.8 Å². The molecule has 0 atom stereocenters. The molecule has 0 aliphatic rings. The molecule has 0 saturated carbocycles. The van der Waals surface area contributed by atoms with Crippen molar-refractivity contribution in [3.8, 4) is 10.6 Å². The molecule has 0 radical (unpaired) electrons. The fraction of sp³-hybridized carbons (Fsp3) is 0.214. The first kappa shape index (κ1) is 11.6. The van der Waals surface area contributed by atoms with E-state index in [1.165, 1.54) is 5.56 Å². The van der Waals surface area contributed by atoms with Crippen LogP contribution < -0.4 is 0 Å². The number of H-pyrrole nitrogens is 1. The number of nitrogens with zero attached hydrogens (tertiary/aromatic N) is 4. The van der Waals surface area contributed by atoms with E-state index >= 15 is 0 Å². The number of hydrogen-bond acceptors (Lipinski definition) is 4. The van der Waals surface area contributed by atoms with E-state index in [0.717, 1.165) is 26.4 Å². The van der Waals surface area contributed by atoms with Gasteiger partial charge in [0.1, 0.15) is 15.4 Å². The zero-order chi connectivity index (χ0) is 13.7. The van der Waals surface area contributed by atoms with Gasteiger partial charge in [-0.1, -0.05) is 30.4 Å². The number of thiazole rings is 1. The molecule has 0 amide bonds. The van der Waals surface area contributed by atoms with Crippen molar-refractivity contribution in [1.82, 2.24) is 24.8 Å². The first-order valence-electron chi connectivity index (χ1n) is 6.50. The Labute approximate surface area is 119 Å². The SMILES string of the molecule is CC(C)c1c[nH]c2sc(-c3ccc4cnnn4c3)nc12. The second kappa shape index (κ2) is 4.14. The van der Waals surface area contributed by atoms with E-state index in [0.29, 0.717) is 5.92 Å². The van der Waals surface area contributed by atoms with Crippen molar-refractivity contribution in [1.29, 1.82) is 0 Å². The van der Waals surface area contributed by atoms with E-state index in [-0.39, 0.29) is 0 Å². The third-order valence-electron chi connectivity index (χ3n) is 3.43. The summed E-state index contributed by atoms with van der Waals surface area (Å²) in [6.07, 6.45) is 5.77. The highest BCUT2D eigenvalue weighted by Gasteiger charge is 2.14. The summed E-state index contributed by atoms with van der Waals surface area (Å²) < 4.78 is 1.77. The first-order valence-corrected chi connectivity index (χ1v) is 7.32. The van der Waals surface area contributed by atoms with Crippen LogP contribution in [0, 0.1) is 0 Å². The van der Waals surface area contributed by atoms with E-state index in [9.17, 15) is 0 Å². The summed E-state index contributed by atoms with van der Waals surface area (Å²) in [7, 11) is 0. The second-order valence-electron chi connectivity index (χ2n) is 5.12. The van der Waals surface area contributed by atoms with Crippen LogP contribution in [-0.2, 0) is 0 Å². The number of aromatic amines is 1. The van der Waals surface area contributed by atoms with Crippen molar-refractivity contribution in [3.05, 3.63) is 36.3 Å². The van der Waals surface area contributed by atoms with Crippen molar-refractivity contribution in [2.45, 2.75) is 19.8 Å². The summed E-state index contributed by atoms with van der Waals surface area (Å²) in [4.78, 5) is 9.22. The molecular weight excluding hydrogens is 270 g/mol. The van der Waals surface area contributed by atoms with Gasteiger partial charge in [-0.05, 0) is 23.6 Å². The molecule has 0 aliphatic carbocycles. The molecule has 4 aromatic rings. The van der Waals surface area contributed by atoms with Crippen molar-refractivity contribution < 1.29 is 0 Å². The molecule has 0 fully saturated rings. The summed E-state index contributed by atoms with van der Waals surface area (Å²) in [5.74, 6) is 0.469. The molecule has 0 aliphatic heterocycles. The minimum absolute atomic E-state index is 0.469. The first-order chi connectivity index (χ1) is 9.72. The van der Waals surface area contributed by atoms with Crippen LogP contribution in [0.1, 0.15) is 25.3 Å². The number of rotatable bonds is 2. The highest BCUT2D eigenvalue weighted by atomic mass is 32.1. The van der Waals surface area contributed by atoms with E-state index in [1.54, 1.807) is 22.0 Å². The summed E-state index contributed by atoms with van der Waals surface area (Å²) in [5, 5.41) is 8.93. The van der Waals surface area contributed by atoms with Crippen LogP contribution in [0.5, 0.6) is 0 Å². The standard InChI is InChI=1S/C14H13N5S/c1-8(2)11-6-15-14-12(11)17-13(20-14)9-3-4-10-5-16-18-19(10)7-9/h3-8,15H,1-2H3. The lowest BCUT2D eigenvalue weighted by Crippen LogP contribution is -1.88. The molecule has 0 aromatic carbocycles. The molecule has 0 bridgehead atoms. The molecule has 4 heterocycles. The van der Waals surface area contributed by atoms with Gasteiger partial charge in [-0.15, -0.1) is 5.10 Å². The summed E-state index contributed by atoms with van der Waals surface area (Å²) in [6, 6.07) is 4.07. The Morgan fingerprint density at radius 1 is 1.30 bits per heavy atom. The summed E-state index contributed by atoms with van der Waals surface area (Å²) in [5.41, 5.74) is 4.40. The van der Waals surface area contributed by atoms with Gasteiger partial charge in [-0.3, -0.25) is 0 Å². The molecular formula is C14H13N5S. The van der Waals surface area contributed by atoms with Gasteiger partial charge >= 0.3 is 0 Å². The summed E-state index contributed by atoms with van der Waals surface area (Å²) >= 11 is 1.67. The largest absolute Gasteiger partial charge is 0.351 e. The van der Waals surface area contributed by atoms with Crippen molar-refractivity contribution in [2.75, 3.05) is 0 Å². The molecule has 4 aromatic heterocycles. The number of aromatic nitrogens is 5. The van der Waals surface area contributed by atoms with Crippen LogP contribution in [0.25, 0.3) is 26.4 Å². The average Bonchev–Trinajstić information content (AvgIpc) is 3.11. The van der Waals surface area contributed by atoms with Crippen molar-refractivity contribution in [3.63, 3.8) is 0 Å². The molecule has 6 heteroatoms. The predicted octanol–water partition coefficient (Wildman–Crippen LogP) is 3.46. The van der Waals surface area contributed by atoms with Crippen LogP contribution >= 0.6 is 11.3 Å². The van der Waals surface area contributed by atoms with Crippen molar-refractivity contribution >= 4 is 27.2 Å². The smallest absolute Gasteiger partial charge is 0.127 e. The van der Waals surface area contributed by atoms with Gasteiger partial charge in [0, 0.05) is 18.0 Å². The van der Waals surface area contributed by atoms with Crippen LogP contribution in [0.3, 0.4) is 0 Å². The van der Waals surface area contributed by atoms with E-state index in [1.807, 2.05) is 12.3 Å². The van der Waals surface area contributed by atoms with Crippen LogP contribution in [0.4, 0.5) is 0 Å². The maximum absolute atomic E-state index is 4.78. The number of fused-ring (bicyclic) bond motifs is 2. The van der Waals surface area contributed by atoms with Gasteiger partial charge in [-0.2, -0.15) is 0 Å². The third kappa shape index (κ3) is 1.65. The van der Waals surface area contributed by atoms with Gasteiger partial charge in [0.25, 0.3) is 0 Å². The van der Waals surface area contributed by atoms with Gasteiger partial charge in [0.2, 0.25) is 0 Å². The Morgan fingerprint density at radius 2 is 2.20 bits per heavy atom. The highest BCUT2D eigenvalue weighted by Crippen LogP contribution is 2.33. The molecule has 4 rings (SSSR count). The normalized spacial score (nSPS) is 11.9. The van der Waals surface area contributed by atoms with Crippen LogP contribution in [0.15, 0.2) is 30.7 Å². The maximum atomic E-state index is 4.78. The second-order valence-corrected chi connectivity index (χ2v) is 6.12. The molecule has 0 spiro atoms. The monoisotopic (exact) mass is 283 g/mol. The van der Waals surface area contributed by atoms with E-state index in [2.05, 4.69) is 41.4 Å². The number of hydrogen-bond donors (Lipinski definition) is 1. The fourth-order valence-electron chi connectivity index (χ4n) is 2.34. The molecule has 20 heavy (non-hydrogen) atoms. The minimum atomic E-state index is 0.469. The molecule has 0 unspecified atom stereocenters. The van der Waals surface area contributed by atoms with Gasteiger partial charge in [0.15, 0.2) is 0 Å². The minimum Gasteiger partial charge on any atom is -0.351 e. The van der Waals surface area contributed by atoms with E-state index < -0.39 is 0 Å². The highest BCUT2D eigenvalue weighted by molar-refractivity contribution is 7.21.